The normalized spacial score (nSPS) is 17.0. The smallest absolute Gasteiger partial charge is 0.357 e. The van der Waals surface area contributed by atoms with Crippen molar-refractivity contribution in [1.82, 2.24) is 9.88 Å². The summed E-state index contributed by atoms with van der Waals surface area (Å²) in [7, 11) is 1.27. The van der Waals surface area contributed by atoms with E-state index in [1.807, 2.05) is 0 Å². The number of thiazole rings is 1. The minimum Gasteiger partial charge on any atom is -0.467 e. The second kappa shape index (κ2) is 7.06. The van der Waals surface area contributed by atoms with Crippen molar-refractivity contribution in [2.24, 2.45) is 5.92 Å². The molecule has 1 aliphatic heterocycles. The topological polar surface area (TPSA) is 102 Å². The van der Waals surface area contributed by atoms with Crippen LogP contribution >= 0.6 is 11.3 Å². The van der Waals surface area contributed by atoms with Crippen LogP contribution in [0.3, 0.4) is 0 Å². The SMILES string of the molecule is COC(=O)c1nc(NC(=O)C2CC(=O)N(Cc3ccco3)C2)sc1C. The van der Waals surface area contributed by atoms with Crippen molar-refractivity contribution < 1.29 is 23.5 Å². The molecule has 1 fully saturated rings. The number of esters is 1. The number of carbonyl (C=O) groups excluding carboxylic acids is 3. The molecular formula is C16H17N3O5S. The van der Waals surface area contributed by atoms with Crippen LogP contribution in [0.4, 0.5) is 5.13 Å². The lowest BCUT2D eigenvalue weighted by atomic mass is 10.1. The molecule has 1 unspecified atom stereocenters. The van der Waals surface area contributed by atoms with E-state index in [1.165, 1.54) is 18.4 Å². The number of nitrogens with one attached hydrogen (secondary N) is 1. The Bertz CT molecular complexity index is 799. The number of carbonyl (C=O) groups is 3. The number of ether oxygens (including phenoxy) is 1. The number of rotatable bonds is 5. The Hall–Kier alpha value is -2.68. The predicted molar refractivity (Wildman–Crippen MR) is 89.1 cm³/mol. The average Bonchev–Trinajstić information content (AvgIpc) is 3.29. The summed E-state index contributed by atoms with van der Waals surface area (Å²) in [4.78, 5) is 42.4. The number of furan rings is 1. The van der Waals surface area contributed by atoms with Gasteiger partial charge >= 0.3 is 5.97 Å². The van der Waals surface area contributed by atoms with Crippen molar-refractivity contribution >= 4 is 34.3 Å². The van der Waals surface area contributed by atoms with Crippen molar-refractivity contribution in [1.29, 1.82) is 0 Å². The van der Waals surface area contributed by atoms with E-state index >= 15 is 0 Å². The first kappa shape index (κ1) is 17.2. The van der Waals surface area contributed by atoms with Crippen molar-refractivity contribution in [2.75, 3.05) is 19.0 Å². The van der Waals surface area contributed by atoms with Gasteiger partial charge in [-0.25, -0.2) is 9.78 Å². The fraction of sp³-hybridized carbons (Fsp3) is 0.375. The summed E-state index contributed by atoms with van der Waals surface area (Å²) in [5.41, 5.74) is 0.185. The zero-order chi connectivity index (χ0) is 18.0. The van der Waals surface area contributed by atoms with Crippen LogP contribution in [0.15, 0.2) is 22.8 Å². The number of hydrogen-bond acceptors (Lipinski definition) is 7. The van der Waals surface area contributed by atoms with E-state index in [4.69, 9.17) is 4.42 Å². The first-order chi connectivity index (χ1) is 12.0. The van der Waals surface area contributed by atoms with Crippen molar-refractivity contribution in [3.05, 3.63) is 34.7 Å². The fourth-order valence-corrected chi connectivity index (χ4v) is 3.44. The highest BCUT2D eigenvalue weighted by Crippen LogP contribution is 2.26. The van der Waals surface area contributed by atoms with E-state index < -0.39 is 11.9 Å². The minimum absolute atomic E-state index is 0.0953. The molecule has 2 aromatic rings. The number of hydrogen-bond donors (Lipinski definition) is 1. The zero-order valence-electron chi connectivity index (χ0n) is 13.8. The van der Waals surface area contributed by atoms with Crippen LogP contribution < -0.4 is 5.32 Å². The van der Waals surface area contributed by atoms with Crippen LogP contribution in [0.2, 0.25) is 0 Å². The van der Waals surface area contributed by atoms with Gasteiger partial charge in [-0.15, -0.1) is 11.3 Å². The van der Waals surface area contributed by atoms with Crippen molar-refractivity contribution in [3.8, 4) is 0 Å². The highest BCUT2D eigenvalue weighted by Gasteiger charge is 2.35. The monoisotopic (exact) mass is 363 g/mol. The Morgan fingerprint density at radius 1 is 1.52 bits per heavy atom. The molecule has 1 atom stereocenters. The van der Waals surface area contributed by atoms with E-state index in [0.717, 1.165) is 0 Å². The molecule has 0 spiro atoms. The summed E-state index contributed by atoms with van der Waals surface area (Å²) in [6.07, 6.45) is 1.69. The van der Waals surface area contributed by atoms with Crippen molar-refractivity contribution in [2.45, 2.75) is 19.9 Å². The first-order valence-corrected chi connectivity index (χ1v) is 8.46. The molecule has 132 valence electrons. The zero-order valence-corrected chi connectivity index (χ0v) is 14.6. The largest absolute Gasteiger partial charge is 0.467 e. The van der Waals surface area contributed by atoms with Gasteiger partial charge in [0.15, 0.2) is 10.8 Å². The molecule has 9 heteroatoms. The Balaban J connectivity index is 1.62. The van der Waals surface area contributed by atoms with Gasteiger partial charge in [-0.3, -0.25) is 9.59 Å². The molecule has 25 heavy (non-hydrogen) atoms. The molecule has 0 saturated carbocycles. The number of anilines is 1. The molecule has 0 radical (unpaired) electrons. The highest BCUT2D eigenvalue weighted by atomic mass is 32.1. The Kier molecular flexibility index (Phi) is 4.84. The van der Waals surface area contributed by atoms with Gasteiger partial charge in [-0.2, -0.15) is 0 Å². The third-order valence-electron chi connectivity index (χ3n) is 3.92. The second-order valence-corrected chi connectivity index (χ2v) is 6.86. The molecule has 0 aromatic carbocycles. The maximum absolute atomic E-state index is 12.4. The fourth-order valence-electron chi connectivity index (χ4n) is 2.63. The van der Waals surface area contributed by atoms with E-state index in [2.05, 4.69) is 15.0 Å². The molecule has 0 aliphatic carbocycles. The van der Waals surface area contributed by atoms with Gasteiger partial charge in [0.05, 0.1) is 25.8 Å². The lowest BCUT2D eigenvalue weighted by Crippen LogP contribution is -2.27. The highest BCUT2D eigenvalue weighted by molar-refractivity contribution is 7.16. The van der Waals surface area contributed by atoms with E-state index in [-0.39, 0.29) is 23.9 Å². The number of methoxy groups -OCH3 is 1. The van der Waals surface area contributed by atoms with Crippen LogP contribution in [-0.4, -0.2) is 41.3 Å². The number of aryl methyl sites for hydroxylation is 1. The molecule has 1 saturated heterocycles. The third-order valence-corrected chi connectivity index (χ3v) is 4.80. The molecule has 2 amide bonds. The Labute approximate surface area is 147 Å². The van der Waals surface area contributed by atoms with Gasteiger partial charge in [-0.1, -0.05) is 0 Å². The van der Waals surface area contributed by atoms with Gasteiger partial charge in [0.25, 0.3) is 0 Å². The molecule has 1 N–H and O–H groups in total. The standard InChI is InChI=1S/C16H17N3O5S/c1-9-13(15(22)23-2)17-16(25-9)18-14(21)10-6-12(20)19(7-10)8-11-4-3-5-24-11/h3-5,10H,6-8H2,1-2H3,(H,17,18,21). The molecule has 8 nitrogen and oxygen atoms in total. The van der Waals surface area contributed by atoms with E-state index in [0.29, 0.717) is 28.9 Å². The molecule has 2 aromatic heterocycles. The number of nitrogens with zero attached hydrogens (tertiary/aromatic N) is 2. The van der Waals surface area contributed by atoms with Crippen LogP contribution in [0.5, 0.6) is 0 Å². The molecule has 3 heterocycles. The van der Waals surface area contributed by atoms with Gasteiger partial charge in [0, 0.05) is 17.8 Å². The van der Waals surface area contributed by atoms with Crippen LogP contribution in [0.1, 0.15) is 27.5 Å². The first-order valence-electron chi connectivity index (χ1n) is 7.64. The lowest BCUT2D eigenvalue weighted by molar-refractivity contribution is -0.128. The van der Waals surface area contributed by atoms with E-state index in [9.17, 15) is 14.4 Å². The van der Waals surface area contributed by atoms with Crippen LogP contribution in [-0.2, 0) is 20.9 Å². The Morgan fingerprint density at radius 2 is 2.32 bits per heavy atom. The van der Waals surface area contributed by atoms with Gasteiger partial charge < -0.3 is 19.4 Å². The summed E-state index contributed by atoms with van der Waals surface area (Å²) in [6, 6.07) is 3.54. The predicted octanol–water partition coefficient (Wildman–Crippen LogP) is 1.82. The Morgan fingerprint density at radius 3 is 3.00 bits per heavy atom. The molecule has 1 aliphatic rings. The molecule has 3 rings (SSSR count). The maximum atomic E-state index is 12.4. The number of amides is 2. The summed E-state index contributed by atoms with van der Waals surface area (Å²) in [5.74, 6) is -0.724. The summed E-state index contributed by atoms with van der Waals surface area (Å²) in [5, 5.41) is 3.00. The van der Waals surface area contributed by atoms with Crippen LogP contribution in [0, 0.1) is 12.8 Å². The summed E-state index contributed by atoms with van der Waals surface area (Å²) >= 11 is 1.19. The average molecular weight is 363 g/mol. The maximum Gasteiger partial charge on any atom is 0.357 e. The molecule has 0 bridgehead atoms. The van der Waals surface area contributed by atoms with Gasteiger partial charge in [0.1, 0.15) is 5.76 Å². The van der Waals surface area contributed by atoms with Gasteiger partial charge in [0.2, 0.25) is 11.8 Å². The number of likely N-dealkylation sites (tertiary alicyclic amines) is 1. The van der Waals surface area contributed by atoms with Gasteiger partial charge in [-0.05, 0) is 19.1 Å². The third kappa shape index (κ3) is 3.71. The summed E-state index contributed by atoms with van der Waals surface area (Å²) < 4.78 is 9.88. The molecular weight excluding hydrogens is 346 g/mol. The second-order valence-electron chi connectivity index (χ2n) is 5.66. The van der Waals surface area contributed by atoms with Crippen molar-refractivity contribution in [3.63, 3.8) is 0 Å². The minimum atomic E-state index is -0.546. The number of aromatic nitrogens is 1. The van der Waals surface area contributed by atoms with Crippen LogP contribution in [0.25, 0.3) is 0 Å². The summed E-state index contributed by atoms with van der Waals surface area (Å²) in [6.45, 7) is 2.39. The quantitative estimate of drug-likeness (QED) is 0.813. The lowest BCUT2D eigenvalue weighted by Gasteiger charge is -2.14. The van der Waals surface area contributed by atoms with E-state index in [1.54, 1.807) is 30.2 Å².